The zero-order valence-electron chi connectivity index (χ0n) is 22.6. The van der Waals surface area contributed by atoms with Crippen LogP contribution in [-0.4, -0.2) is 53.5 Å². The molecular formula is C32H32F3N3O3. The number of benzene rings is 2. The lowest BCUT2D eigenvalue weighted by Gasteiger charge is -2.38. The minimum atomic E-state index is -4.39. The SMILES string of the molecule is O=C1C2C3CCC(C3)C2C(=O)C1[C@@H](Cc1c[nH]c2ccccc12)C(=O)N1CCN(c2ccc(C(F)(F)F)cc2)CC1. The van der Waals surface area contributed by atoms with Gasteiger partial charge in [0.2, 0.25) is 5.91 Å². The number of aromatic nitrogens is 1. The number of rotatable bonds is 5. The maximum atomic E-state index is 14.2. The van der Waals surface area contributed by atoms with Crippen molar-refractivity contribution in [2.45, 2.75) is 31.9 Å². The molecule has 9 heteroatoms. The molecule has 1 saturated heterocycles. The fourth-order valence-electron chi connectivity index (χ4n) is 8.23. The molecule has 7 rings (SSSR count). The first-order valence-corrected chi connectivity index (χ1v) is 14.5. The van der Waals surface area contributed by atoms with Crippen LogP contribution >= 0.6 is 0 Å². The summed E-state index contributed by atoms with van der Waals surface area (Å²) in [6.07, 6.45) is 0.721. The van der Waals surface area contributed by atoms with Gasteiger partial charge in [-0.3, -0.25) is 14.4 Å². The van der Waals surface area contributed by atoms with Gasteiger partial charge in [0.05, 0.1) is 17.4 Å². The highest BCUT2D eigenvalue weighted by Crippen LogP contribution is 2.58. The third-order valence-corrected chi connectivity index (χ3v) is 10.2. The Balaban J connectivity index is 1.13. The fourth-order valence-corrected chi connectivity index (χ4v) is 8.23. The van der Waals surface area contributed by atoms with Crippen molar-refractivity contribution in [2.24, 2.45) is 35.5 Å². The van der Waals surface area contributed by atoms with E-state index >= 15 is 0 Å². The summed E-state index contributed by atoms with van der Waals surface area (Å²) >= 11 is 0. The van der Waals surface area contributed by atoms with E-state index in [4.69, 9.17) is 0 Å². The second kappa shape index (κ2) is 9.74. The highest BCUT2D eigenvalue weighted by Gasteiger charge is 2.63. The number of piperazine rings is 1. The summed E-state index contributed by atoms with van der Waals surface area (Å²) in [4.78, 5) is 48.9. The molecule has 4 unspecified atom stereocenters. The summed E-state index contributed by atoms with van der Waals surface area (Å²) in [6.45, 7) is 1.66. The van der Waals surface area contributed by atoms with E-state index in [2.05, 4.69) is 4.98 Å². The Morgan fingerprint density at radius 3 is 2.17 bits per heavy atom. The normalized spacial score (nSPS) is 28.5. The molecule has 0 spiro atoms. The van der Waals surface area contributed by atoms with Gasteiger partial charge >= 0.3 is 6.18 Å². The van der Waals surface area contributed by atoms with Gasteiger partial charge in [-0.05, 0) is 73.4 Å². The van der Waals surface area contributed by atoms with Crippen LogP contribution < -0.4 is 4.90 Å². The molecule has 2 aromatic carbocycles. The molecule has 2 heterocycles. The van der Waals surface area contributed by atoms with Crippen LogP contribution in [0.4, 0.5) is 18.9 Å². The van der Waals surface area contributed by atoms with E-state index in [0.717, 1.165) is 47.9 Å². The van der Waals surface area contributed by atoms with Crippen LogP contribution in [0.25, 0.3) is 10.9 Å². The van der Waals surface area contributed by atoms with Crippen LogP contribution in [0.15, 0.2) is 54.7 Å². The van der Waals surface area contributed by atoms with Gasteiger partial charge in [0.1, 0.15) is 11.6 Å². The second-order valence-electron chi connectivity index (χ2n) is 12.2. The van der Waals surface area contributed by atoms with Crippen LogP contribution in [0.1, 0.15) is 30.4 Å². The van der Waals surface area contributed by atoms with E-state index in [1.54, 1.807) is 4.90 Å². The topological polar surface area (TPSA) is 73.5 Å². The van der Waals surface area contributed by atoms with Gasteiger partial charge < -0.3 is 14.8 Å². The maximum absolute atomic E-state index is 14.2. The number of carbonyl (C=O) groups is 3. The van der Waals surface area contributed by atoms with E-state index in [1.807, 2.05) is 35.4 Å². The molecule has 2 bridgehead atoms. The number of H-pyrrole nitrogens is 1. The van der Waals surface area contributed by atoms with Crippen molar-refractivity contribution in [1.29, 1.82) is 0 Å². The Hall–Kier alpha value is -3.62. The predicted molar refractivity (Wildman–Crippen MR) is 147 cm³/mol. The van der Waals surface area contributed by atoms with Gasteiger partial charge in [-0.2, -0.15) is 13.2 Å². The Bertz CT molecular complexity index is 1480. The second-order valence-corrected chi connectivity index (χ2v) is 12.2. The largest absolute Gasteiger partial charge is 0.416 e. The van der Waals surface area contributed by atoms with Crippen LogP contribution in [0.2, 0.25) is 0 Å². The Kier molecular flexibility index (Phi) is 6.24. The molecule has 1 amide bonds. The van der Waals surface area contributed by atoms with E-state index in [-0.39, 0.29) is 41.1 Å². The average Bonchev–Trinajstić information content (AvgIpc) is 3.75. The molecule has 3 saturated carbocycles. The van der Waals surface area contributed by atoms with Crippen molar-refractivity contribution >= 4 is 34.1 Å². The number of anilines is 1. The molecule has 1 aliphatic heterocycles. The summed E-state index contributed by atoms with van der Waals surface area (Å²) in [5.41, 5.74) is 1.84. The van der Waals surface area contributed by atoms with Gasteiger partial charge in [-0.15, -0.1) is 0 Å². The van der Waals surface area contributed by atoms with Crippen molar-refractivity contribution in [3.05, 3.63) is 65.9 Å². The number of hydrogen-bond acceptors (Lipinski definition) is 4. The summed E-state index contributed by atoms with van der Waals surface area (Å²) in [7, 11) is 0. The standard InChI is InChI=1S/C32H32F3N3O3/c33-32(34,35)21-7-9-22(10-8-21)37-11-13-38(14-12-37)31(41)24(16-20-17-36-25-4-2-1-3-23(20)25)28-29(39)26-18-5-6-19(15-18)27(26)30(28)40/h1-4,7-10,17-19,24,26-28,36H,5-6,11-16H2/t18?,19?,24-,26?,27?,28?/m1/s1. The third kappa shape index (κ3) is 4.35. The molecule has 0 radical (unpaired) electrons. The van der Waals surface area contributed by atoms with Gasteiger partial charge in [-0.25, -0.2) is 0 Å². The Labute approximate surface area is 235 Å². The molecule has 214 valence electrons. The van der Waals surface area contributed by atoms with E-state index in [1.165, 1.54) is 12.1 Å². The van der Waals surface area contributed by atoms with Crippen molar-refractivity contribution in [2.75, 3.05) is 31.1 Å². The van der Waals surface area contributed by atoms with Gasteiger partial charge in [-0.1, -0.05) is 18.2 Å². The number of nitrogens with one attached hydrogen (secondary N) is 1. The van der Waals surface area contributed by atoms with Gasteiger partial charge in [0.25, 0.3) is 0 Å². The first-order chi connectivity index (χ1) is 19.7. The highest BCUT2D eigenvalue weighted by atomic mass is 19.4. The van der Waals surface area contributed by atoms with Crippen LogP contribution in [0.5, 0.6) is 0 Å². The lowest BCUT2D eigenvalue weighted by atomic mass is 9.80. The van der Waals surface area contributed by atoms with Crippen LogP contribution in [0.3, 0.4) is 0 Å². The number of hydrogen-bond donors (Lipinski definition) is 1. The summed E-state index contributed by atoms with van der Waals surface area (Å²) in [5.74, 6) is -1.87. The minimum absolute atomic E-state index is 0.0335. The predicted octanol–water partition coefficient (Wildman–Crippen LogP) is 5.12. The minimum Gasteiger partial charge on any atom is -0.368 e. The molecule has 5 atom stereocenters. The van der Waals surface area contributed by atoms with E-state index < -0.39 is 23.6 Å². The highest BCUT2D eigenvalue weighted by molar-refractivity contribution is 6.14. The molecule has 3 aromatic rings. The number of carbonyl (C=O) groups excluding carboxylic acids is 3. The maximum Gasteiger partial charge on any atom is 0.416 e. The van der Waals surface area contributed by atoms with Crippen molar-refractivity contribution in [1.82, 2.24) is 9.88 Å². The molecule has 6 nitrogen and oxygen atoms in total. The Morgan fingerprint density at radius 2 is 1.54 bits per heavy atom. The molecular weight excluding hydrogens is 531 g/mol. The first kappa shape index (κ1) is 26.3. The molecule has 4 aliphatic rings. The molecule has 4 fully saturated rings. The quantitative estimate of drug-likeness (QED) is 0.438. The molecule has 3 aliphatic carbocycles. The summed E-state index contributed by atoms with van der Waals surface area (Å²) < 4.78 is 39.0. The lowest BCUT2D eigenvalue weighted by Crippen LogP contribution is -2.52. The first-order valence-electron chi connectivity index (χ1n) is 14.5. The van der Waals surface area contributed by atoms with Crippen molar-refractivity contribution < 1.29 is 27.6 Å². The van der Waals surface area contributed by atoms with Crippen molar-refractivity contribution in [3.8, 4) is 0 Å². The number of para-hydroxylation sites is 1. The number of aromatic amines is 1. The smallest absolute Gasteiger partial charge is 0.368 e. The number of fused-ring (bicyclic) bond motifs is 6. The number of halogens is 3. The number of Topliss-reactive ketones (excluding diaryl/α,β-unsaturated/α-hetero) is 2. The summed E-state index contributed by atoms with van der Waals surface area (Å²) in [5, 5.41) is 0.982. The van der Waals surface area contributed by atoms with Crippen LogP contribution in [-0.2, 0) is 27.0 Å². The molecule has 1 N–H and O–H groups in total. The van der Waals surface area contributed by atoms with Gasteiger partial charge in [0, 0.05) is 60.8 Å². The zero-order valence-corrected chi connectivity index (χ0v) is 22.6. The number of alkyl halides is 3. The third-order valence-electron chi connectivity index (χ3n) is 10.2. The Morgan fingerprint density at radius 1 is 0.902 bits per heavy atom. The van der Waals surface area contributed by atoms with E-state index in [9.17, 15) is 27.6 Å². The van der Waals surface area contributed by atoms with Gasteiger partial charge in [0.15, 0.2) is 0 Å². The number of amides is 1. The molecule has 1 aromatic heterocycles. The molecule has 41 heavy (non-hydrogen) atoms. The zero-order chi connectivity index (χ0) is 28.5. The monoisotopic (exact) mass is 563 g/mol. The fraction of sp³-hybridized carbons (Fsp3) is 0.469. The van der Waals surface area contributed by atoms with E-state index in [0.29, 0.717) is 38.3 Å². The average molecular weight is 564 g/mol. The number of nitrogens with zero attached hydrogens (tertiary/aromatic N) is 2. The lowest BCUT2D eigenvalue weighted by molar-refractivity contribution is -0.144. The van der Waals surface area contributed by atoms with Crippen LogP contribution in [0, 0.1) is 35.5 Å². The summed E-state index contributed by atoms with van der Waals surface area (Å²) in [6, 6.07) is 12.9. The number of ketones is 2. The van der Waals surface area contributed by atoms with Crippen molar-refractivity contribution in [3.63, 3.8) is 0 Å².